The molecule has 2 aliphatic rings. The number of amides is 4. The maximum Gasteiger partial charge on any atom is 0.418 e. The summed E-state index contributed by atoms with van der Waals surface area (Å²) < 4.78 is 51.5. The molecule has 2 heterocycles. The highest BCUT2D eigenvalue weighted by molar-refractivity contribution is 6.01. The molecule has 222 valence electrons. The molecule has 0 unspecified atom stereocenters. The summed E-state index contributed by atoms with van der Waals surface area (Å²) in [7, 11) is 0. The number of rotatable bonds is 7. The molecule has 10 nitrogen and oxygen atoms in total. The molecular formula is C29H30F3N5O5. The number of nitrogens with zero attached hydrogens (tertiary/aromatic N) is 2. The van der Waals surface area contributed by atoms with Gasteiger partial charge in [-0.3, -0.25) is 0 Å². The normalized spacial score (nSPS) is 14.6. The lowest BCUT2D eigenvalue weighted by Crippen LogP contribution is -2.50. The number of carbonyl (C=O) groups is 2. The van der Waals surface area contributed by atoms with Gasteiger partial charge < -0.3 is 40.3 Å². The van der Waals surface area contributed by atoms with Crippen molar-refractivity contribution in [2.45, 2.75) is 12.6 Å². The third-order valence-corrected chi connectivity index (χ3v) is 6.92. The summed E-state index contributed by atoms with van der Waals surface area (Å²) in [6.45, 7) is 1.66. The van der Waals surface area contributed by atoms with Crippen LogP contribution >= 0.6 is 0 Å². The molecule has 42 heavy (non-hydrogen) atoms. The van der Waals surface area contributed by atoms with Crippen molar-refractivity contribution in [3.63, 3.8) is 0 Å². The van der Waals surface area contributed by atoms with Crippen molar-refractivity contribution >= 4 is 34.8 Å². The lowest BCUT2D eigenvalue weighted by molar-refractivity contribution is -0.137. The maximum atomic E-state index is 13.6. The molecule has 3 aromatic rings. The van der Waals surface area contributed by atoms with Gasteiger partial charge in [-0.05, 0) is 54.1 Å². The molecule has 4 N–H and O–H groups in total. The summed E-state index contributed by atoms with van der Waals surface area (Å²) in [4.78, 5) is 28.8. The molecular weight excluding hydrogens is 555 g/mol. The van der Waals surface area contributed by atoms with E-state index in [-0.39, 0.29) is 24.7 Å². The van der Waals surface area contributed by atoms with Crippen LogP contribution in [0, 0.1) is 0 Å². The van der Waals surface area contributed by atoms with Gasteiger partial charge in [-0.15, -0.1) is 0 Å². The Morgan fingerprint density at radius 3 is 2.40 bits per heavy atom. The van der Waals surface area contributed by atoms with Crippen molar-refractivity contribution in [1.82, 2.24) is 4.90 Å². The minimum atomic E-state index is -4.71. The van der Waals surface area contributed by atoms with Crippen LogP contribution in [0.1, 0.15) is 11.1 Å². The quantitative estimate of drug-likeness (QED) is 0.310. The summed E-state index contributed by atoms with van der Waals surface area (Å²) in [5.41, 5.74) is 1.74. The Hall–Kier alpha value is -4.65. The van der Waals surface area contributed by atoms with Crippen molar-refractivity contribution in [2.75, 3.05) is 66.8 Å². The van der Waals surface area contributed by atoms with Gasteiger partial charge in [0.2, 0.25) is 0 Å². The molecule has 0 aliphatic carbocycles. The molecule has 3 aromatic carbocycles. The number of benzene rings is 3. The molecule has 2 aliphatic heterocycles. The molecule has 0 bridgehead atoms. The standard InChI is InChI=1S/C29H30F3N5O5/c30-29(31,32)23-18-22(41-17-15-38)8-9-24(23)35-28(40)37-13-11-36(12-14-37)21-6-4-20(5-7-21)33-27(39)34-25-3-1-2-19-10-16-42-26(19)25/h1-9,18,38H,10-17H2,(H,35,40)(H2,33,34,39). The number of carbonyl (C=O) groups excluding carboxylic acids is 2. The fourth-order valence-corrected chi connectivity index (χ4v) is 4.84. The van der Waals surface area contributed by atoms with Crippen LogP contribution in [0.3, 0.4) is 0 Å². The van der Waals surface area contributed by atoms with E-state index in [9.17, 15) is 22.8 Å². The molecule has 0 aromatic heterocycles. The van der Waals surface area contributed by atoms with E-state index in [1.54, 1.807) is 18.2 Å². The van der Waals surface area contributed by atoms with Gasteiger partial charge in [0.25, 0.3) is 0 Å². The van der Waals surface area contributed by atoms with Crippen LogP contribution in [0.4, 0.5) is 45.5 Å². The van der Waals surface area contributed by atoms with Gasteiger partial charge in [0.05, 0.1) is 30.2 Å². The third-order valence-electron chi connectivity index (χ3n) is 6.92. The number of aliphatic hydroxyl groups excluding tert-OH is 1. The second-order valence-electron chi connectivity index (χ2n) is 9.70. The van der Waals surface area contributed by atoms with Gasteiger partial charge in [0.1, 0.15) is 18.1 Å². The van der Waals surface area contributed by atoms with Gasteiger partial charge in [0, 0.05) is 44.0 Å². The molecule has 4 amide bonds. The van der Waals surface area contributed by atoms with Gasteiger partial charge in [-0.2, -0.15) is 13.2 Å². The van der Waals surface area contributed by atoms with Gasteiger partial charge >= 0.3 is 18.2 Å². The smallest absolute Gasteiger partial charge is 0.418 e. The highest BCUT2D eigenvalue weighted by atomic mass is 19.4. The zero-order valence-electron chi connectivity index (χ0n) is 22.5. The topological polar surface area (TPSA) is 115 Å². The molecule has 0 saturated carbocycles. The number of nitrogens with one attached hydrogen (secondary N) is 3. The van der Waals surface area contributed by atoms with Crippen molar-refractivity contribution < 1.29 is 37.3 Å². The first-order valence-corrected chi connectivity index (χ1v) is 13.4. The number of ether oxygens (including phenoxy) is 2. The van der Waals surface area contributed by atoms with Crippen molar-refractivity contribution in [1.29, 1.82) is 0 Å². The van der Waals surface area contributed by atoms with Crippen LogP contribution in [-0.4, -0.2) is 68.1 Å². The lowest BCUT2D eigenvalue weighted by Gasteiger charge is -2.36. The lowest BCUT2D eigenvalue weighted by atomic mass is 10.1. The number of halogens is 3. The van der Waals surface area contributed by atoms with E-state index in [4.69, 9.17) is 14.6 Å². The SMILES string of the molecule is O=C(Nc1ccc(N2CCN(C(=O)Nc3ccc(OCCO)cc3C(F)(F)F)CC2)cc1)Nc1cccc2c1OCC2. The monoisotopic (exact) mass is 585 g/mol. The van der Waals surface area contributed by atoms with Crippen LogP contribution < -0.4 is 30.3 Å². The fraction of sp³-hybridized carbons (Fsp3) is 0.310. The van der Waals surface area contributed by atoms with Crippen molar-refractivity contribution in [2.24, 2.45) is 0 Å². The van der Waals surface area contributed by atoms with E-state index in [1.807, 2.05) is 29.2 Å². The summed E-state index contributed by atoms with van der Waals surface area (Å²) in [5.74, 6) is 0.636. The number of fused-ring (bicyclic) bond motifs is 1. The molecule has 0 radical (unpaired) electrons. The number of hydrogen-bond acceptors (Lipinski definition) is 6. The first kappa shape index (κ1) is 28.9. The molecule has 0 atom stereocenters. The molecule has 0 spiro atoms. The number of piperazine rings is 1. The van der Waals surface area contributed by atoms with E-state index < -0.39 is 23.8 Å². The highest BCUT2D eigenvalue weighted by Gasteiger charge is 2.35. The minimum absolute atomic E-state index is 0.0567. The van der Waals surface area contributed by atoms with E-state index in [0.29, 0.717) is 49.9 Å². The van der Waals surface area contributed by atoms with Gasteiger partial charge in [0.15, 0.2) is 0 Å². The number of urea groups is 2. The second-order valence-corrected chi connectivity index (χ2v) is 9.70. The Morgan fingerprint density at radius 2 is 1.69 bits per heavy atom. The molecule has 1 saturated heterocycles. The Morgan fingerprint density at radius 1 is 0.929 bits per heavy atom. The largest absolute Gasteiger partial charge is 0.491 e. The Kier molecular flexibility index (Phi) is 8.57. The van der Waals surface area contributed by atoms with Crippen molar-refractivity contribution in [3.8, 4) is 11.5 Å². The van der Waals surface area contributed by atoms with E-state index >= 15 is 0 Å². The molecule has 13 heteroatoms. The highest BCUT2D eigenvalue weighted by Crippen LogP contribution is 2.37. The number of para-hydroxylation sites is 1. The number of anilines is 4. The minimum Gasteiger partial charge on any atom is -0.491 e. The van der Waals surface area contributed by atoms with Gasteiger partial charge in [-0.1, -0.05) is 12.1 Å². The van der Waals surface area contributed by atoms with E-state index in [0.717, 1.165) is 29.8 Å². The van der Waals surface area contributed by atoms with Gasteiger partial charge in [-0.25, -0.2) is 9.59 Å². The summed E-state index contributed by atoms with van der Waals surface area (Å²) in [6, 6.07) is 15.1. The molecule has 5 rings (SSSR count). The predicted molar refractivity (Wildman–Crippen MR) is 152 cm³/mol. The number of alkyl halides is 3. The van der Waals surface area contributed by atoms with Crippen molar-refractivity contribution in [3.05, 3.63) is 71.8 Å². The predicted octanol–water partition coefficient (Wildman–Crippen LogP) is 5.01. The molecule has 1 fully saturated rings. The van der Waals surface area contributed by atoms with E-state index in [2.05, 4.69) is 16.0 Å². The van der Waals surface area contributed by atoms with Crippen LogP contribution in [0.2, 0.25) is 0 Å². The number of aliphatic hydroxyl groups is 1. The zero-order chi connectivity index (χ0) is 29.7. The zero-order valence-corrected chi connectivity index (χ0v) is 22.5. The van der Waals surface area contributed by atoms with E-state index in [1.165, 1.54) is 11.0 Å². The Balaban J connectivity index is 1.13. The van der Waals surface area contributed by atoms with Crippen LogP contribution in [-0.2, 0) is 12.6 Å². The average Bonchev–Trinajstić information content (AvgIpc) is 3.47. The fourth-order valence-electron chi connectivity index (χ4n) is 4.84. The Bertz CT molecular complexity index is 1430. The summed E-state index contributed by atoms with van der Waals surface area (Å²) in [6.07, 6.45) is -3.90. The third kappa shape index (κ3) is 6.79. The van der Waals surface area contributed by atoms with Crippen LogP contribution in [0.15, 0.2) is 60.7 Å². The summed E-state index contributed by atoms with van der Waals surface area (Å²) in [5, 5.41) is 16.8. The maximum absolute atomic E-state index is 13.6. The van der Waals surface area contributed by atoms with Crippen LogP contribution in [0.5, 0.6) is 11.5 Å². The number of hydrogen-bond donors (Lipinski definition) is 4. The first-order valence-electron chi connectivity index (χ1n) is 13.4. The Labute approximate surface area is 240 Å². The average molecular weight is 586 g/mol. The van der Waals surface area contributed by atoms with Crippen LogP contribution in [0.25, 0.3) is 0 Å². The first-order chi connectivity index (χ1) is 20.2. The summed E-state index contributed by atoms with van der Waals surface area (Å²) >= 11 is 0. The second kappa shape index (κ2) is 12.5.